The third kappa shape index (κ3) is 3.86. The Balaban J connectivity index is 1.90. The molecule has 0 spiro atoms. The molecular formula is C18H16FN3O2S2. The quantitative estimate of drug-likeness (QED) is 0.384. The Kier molecular flexibility index (Phi) is 5.53. The molecule has 1 atom stereocenters. The average molecular weight is 389 g/mol. The Hall–Kier alpha value is -2.45. The predicted molar refractivity (Wildman–Crippen MR) is 104 cm³/mol. The molecule has 0 bridgehead atoms. The van der Waals surface area contributed by atoms with Crippen molar-refractivity contribution in [3.05, 3.63) is 58.5 Å². The molecule has 3 aromatic rings. The summed E-state index contributed by atoms with van der Waals surface area (Å²) in [6.07, 6.45) is 1.60. The Labute approximate surface area is 157 Å². The van der Waals surface area contributed by atoms with Gasteiger partial charge in [0.1, 0.15) is 10.6 Å². The predicted octanol–water partition coefficient (Wildman–Crippen LogP) is 3.57. The summed E-state index contributed by atoms with van der Waals surface area (Å²) in [5.74, 6) is -0.487. The van der Waals surface area contributed by atoms with E-state index in [9.17, 15) is 14.0 Å². The number of carbonyl (C=O) groups excluding carboxylic acids is 1. The van der Waals surface area contributed by atoms with E-state index in [0.29, 0.717) is 27.5 Å². The van der Waals surface area contributed by atoms with Gasteiger partial charge in [-0.05, 0) is 24.6 Å². The van der Waals surface area contributed by atoms with Crippen molar-refractivity contribution >= 4 is 39.2 Å². The van der Waals surface area contributed by atoms with E-state index in [0.717, 1.165) is 5.56 Å². The summed E-state index contributed by atoms with van der Waals surface area (Å²) in [4.78, 5) is 32.3. The summed E-state index contributed by atoms with van der Waals surface area (Å²) < 4.78 is 13.1. The Morgan fingerprint density at radius 1 is 1.46 bits per heavy atom. The highest BCUT2D eigenvalue weighted by Gasteiger charge is 2.18. The van der Waals surface area contributed by atoms with Crippen molar-refractivity contribution in [1.29, 1.82) is 0 Å². The SMILES string of the molecule is C=CCNC(=O)C(C)Sc1nc2scc(-c3ccc(F)cc3)c2c(=O)[nH]1. The number of rotatable bonds is 6. The van der Waals surface area contributed by atoms with E-state index in [1.165, 1.54) is 35.2 Å². The van der Waals surface area contributed by atoms with E-state index in [-0.39, 0.29) is 17.3 Å². The molecule has 2 N–H and O–H groups in total. The summed E-state index contributed by atoms with van der Waals surface area (Å²) in [6.45, 7) is 5.68. The summed E-state index contributed by atoms with van der Waals surface area (Å²) in [5.41, 5.74) is 1.19. The van der Waals surface area contributed by atoms with E-state index >= 15 is 0 Å². The molecule has 1 aromatic carbocycles. The third-order valence-corrected chi connectivity index (χ3v) is 5.51. The van der Waals surface area contributed by atoms with Gasteiger partial charge in [0.25, 0.3) is 5.56 Å². The maximum atomic E-state index is 13.1. The topological polar surface area (TPSA) is 74.8 Å². The van der Waals surface area contributed by atoms with Gasteiger partial charge in [0.15, 0.2) is 5.16 Å². The van der Waals surface area contributed by atoms with Crippen molar-refractivity contribution in [2.75, 3.05) is 6.54 Å². The number of carbonyl (C=O) groups is 1. The van der Waals surface area contributed by atoms with Crippen LogP contribution in [0.15, 0.2) is 52.3 Å². The van der Waals surface area contributed by atoms with E-state index in [1.54, 1.807) is 25.1 Å². The molecule has 3 rings (SSSR count). The van der Waals surface area contributed by atoms with E-state index < -0.39 is 5.25 Å². The van der Waals surface area contributed by atoms with Gasteiger partial charge in [-0.15, -0.1) is 17.9 Å². The van der Waals surface area contributed by atoms with Crippen LogP contribution in [0.3, 0.4) is 0 Å². The lowest BCUT2D eigenvalue weighted by molar-refractivity contribution is -0.120. The number of thiophene rings is 1. The molecular weight excluding hydrogens is 373 g/mol. The summed E-state index contributed by atoms with van der Waals surface area (Å²) >= 11 is 2.52. The maximum absolute atomic E-state index is 13.1. The molecule has 0 saturated heterocycles. The largest absolute Gasteiger partial charge is 0.352 e. The zero-order valence-electron chi connectivity index (χ0n) is 13.9. The fourth-order valence-electron chi connectivity index (χ4n) is 2.36. The van der Waals surface area contributed by atoms with Crippen molar-refractivity contribution in [3.63, 3.8) is 0 Å². The first-order chi connectivity index (χ1) is 12.5. The van der Waals surface area contributed by atoms with Gasteiger partial charge < -0.3 is 10.3 Å². The lowest BCUT2D eigenvalue weighted by Gasteiger charge is -2.10. The van der Waals surface area contributed by atoms with Gasteiger partial charge in [0, 0.05) is 17.5 Å². The lowest BCUT2D eigenvalue weighted by atomic mass is 10.1. The zero-order chi connectivity index (χ0) is 18.7. The number of hydrogen-bond donors (Lipinski definition) is 2. The van der Waals surface area contributed by atoms with Crippen LogP contribution in [0.2, 0.25) is 0 Å². The monoisotopic (exact) mass is 389 g/mol. The Morgan fingerprint density at radius 2 is 2.19 bits per heavy atom. The number of hydrogen-bond acceptors (Lipinski definition) is 5. The minimum Gasteiger partial charge on any atom is -0.352 e. The highest BCUT2D eigenvalue weighted by atomic mass is 32.2. The van der Waals surface area contributed by atoms with Gasteiger partial charge in [-0.2, -0.15) is 0 Å². The minimum absolute atomic E-state index is 0.157. The minimum atomic E-state index is -0.410. The molecule has 0 radical (unpaired) electrons. The van der Waals surface area contributed by atoms with Crippen LogP contribution in [0, 0.1) is 5.82 Å². The van der Waals surface area contributed by atoms with Crippen LogP contribution in [-0.2, 0) is 4.79 Å². The summed E-state index contributed by atoms with van der Waals surface area (Å²) in [5, 5.41) is 4.98. The second-order valence-corrected chi connectivity index (χ2v) is 7.69. The second-order valence-electron chi connectivity index (χ2n) is 5.50. The number of fused-ring (bicyclic) bond motifs is 1. The van der Waals surface area contributed by atoms with E-state index in [2.05, 4.69) is 21.9 Å². The van der Waals surface area contributed by atoms with Crippen LogP contribution >= 0.6 is 23.1 Å². The van der Waals surface area contributed by atoms with Crippen molar-refractivity contribution in [1.82, 2.24) is 15.3 Å². The highest BCUT2D eigenvalue weighted by Crippen LogP contribution is 2.32. The molecule has 2 heterocycles. The fourth-order valence-corrected chi connectivity index (χ4v) is 4.19. The second kappa shape index (κ2) is 7.84. The molecule has 1 unspecified atom stereocenters. The Bertz CT molecular complexity index is 1010. The van der Waals surface area contributed by atoms with Crippen molar-refractivity contribution < 1.29 is 9.18 Å². The van der Waals surface area contributed by atoms with Gasteiger partial charge in [0.05, 0.1) is 10.6 Å². The van der Waals surface area contributed by atoms with Gasteiger partial charge in [-0.25, -0.2) is 9.37 Å². The number of amides is 1. The molecule has 8 heteroatoms. The molecule has 1 amide bonds. The van der Waals surface area contributed by atoms with Gasteiger partial charge in [0.2, 0.25) is 5.91 Å². The zero-order valence-corrected chi connectivity index (χ0v) is 15.5. The van der Waals surface area contributed by atoms with Gasteiger partial charge in [-0.3, -0.25) is 9.59 Å². The van der Waals surface area contributed by atoms with Crippen molar-refractivity contribution in [2.24, 2.45) is 0 Å². The molecule has 2 aromatic heterocycles. The van der Waals surface area contributed by atoms with E-state index in [4.69, 9.17) is 0 Å². The van der Waals surface area contributed by atoms with Crippen molar-refractivity contribution in [3.8, 4) is 11.1 Å². The molecule has 0 aliphatic rings. The third-order valence-electron chi connectivity index (χ3n) is 3.66. The summed E-state index contributed by atoms with van der Waals surface area (Å²) in [7, 11) is 0. The first-order valence-electron chi connectivity index (χ1n) is 7.82. The molecule has 0 fully saturated rings. The maximum Gasteiger partial charge on any atom is 0.260 e. The van der Waals surface area contributed by atoms with Gasteiger partial charge >= 0.3 is 0 Å². The number of nitrogens with one attached hydrogen (secondary N) is 2. The molecule has 26 heavy (non-hydrogen) atoms. The lowest BCUT2D eigenvalue weighted by Crippen LogP contribution is -2.31. The number of benzene rings is 1. The molecule has 0 aliphatic carbocycles. The normalized spacial score (nSPS) is 12.1. The fraction of sp³-hybridized carbons (Fsp3) is 0.167. The standard InChI is InChI=1S/C18H16FN3O2S2/c1-3-8-20-15(23)10(2)26-18-21-16(24)14-13(9-25-17(14)22-18)11-4-6-12(19)7-5-11/h3-7,9-10H,1,8H2,2H3,(H,20,23)(H,21,22,24). The smallest absolute Gasteiger partial charge is 0.260 e. The molecule has 134 valence electrons. The van der Waals surface area contributed by atoms with E-state index in [1.807, 2.05) is 5.38 Å². The van der Waals surface area contributed by atoms with Crippen LogP contribution < -0.4 is 10.9 Å². The molecule has 5 nitrogen and oxygen atoms in total. The average Bonchev–Trinajstić information content (AvgIpc) is 3.04. The first kappa shape index (κ1) is 18.3. The number of H-pyrrole nitrogens is 1. The molecule has 0 aliphatic heterocycles. The number of thioether (sulfide) groups is 1. The number of aromatic amines is 1. The first-order valence-corrected chi connectivity index (χ1v) is 9.58. The summed E-state index contributed by atoms with van der Waals surface area (Å²) in [6, 6.07) is 5.97. The number of nitrogens with zero attached hydrogens (tertiary/aromatic N) is 1. The van der Waals surface area contributed by atoms with Crippen LogP contribution in [0.4, 0.5) is 4.39 Å². The van der Waals surface area contributed by atoms with Crippen LogP contribution in [0.1, 0.15) is 6.92 Å². The number of halogens is 1. The Morgan fingerprint density at radius 3 is 2.88 bits per heavy atom. The molecule has 0 saturated carbocycles. The highest BCUT2D eigenvalue weighted by molar-refractivity contribution is 8.00. The van der Waals surface area contributed by atoms with Crippen LogP contribution in [0.5, 0.6) is 0 Å². The van der Waals surface area contributed by atoms with Crippen LogP contribution in [0.25, 0.3) is 21.3 Å². The van der Waals surface area contributed by atoms with Crippen molar-refractivity contribution in [2.45, 2.75) is 17.3 Å². The number of aromatic nitrogens is 2. The van der Waals surface area contributed by atoms with Crippen LogP contribution in [-0.4, -0.2) is 27.7 Å². The van der Waals surface area contributed by atoms with Gasteiger partial charge in [-0.1, -0.05) is 30.0 Å².